The van der Waals surface area contributed by atoms with Gasteiger partial charge in [-0.25, -0.2) is 0 Å². The molecule has 33 heavy (non-hydrogen) atoms. The molecule has 0 unspecified atom stereocenters. The Hall–Kier alpha value is -3.85. The lowest BCUT2D eigenvalue weighted by molar-refractivity contribution is 0.0932. The molecule has 0 bridgehead atoms. The molecule has 2 aromatic carbocycles. The molecule has 1 aliphatic rings. The van der Waals surface area contributed by atoms with Crippen LogP contribution < -0.4 is 14.2 Å². The molecule has 1 atom stereocenters. The van der Waals surface area contributed by atoms with Crippen molar-refractivity contribution < 1.29 is 19.0 Å². The maximum absolute atomic E-state index is 12.3. The Balaban J connectivity index is 1.79. The zero-order valence-corrected chi connectivity index (χ0v) is 19.0. The van der Waals surface area contributed by atoms with Gasteiger partial charge in [0.2, 0.25) is 0 Å². The summed E-state index contributed by atoms with van der Waals surface area (Å²) in [6.07, 6.45) is 3.30. The molecule has 0 amide bonds. The lowest BCUT2D eigenvalue weighted by Gasteiger charge is -2.26. The maximum Gasteiger partial charge on any atom is 0.170 e. The summed E-state index contributed by atoms with van der Waals surface area (Å²) in [4.78, 5) is 16.4. The largest absolute Gasteiger partial charge is 0.493 e. The van der Waals surface area contributed by atoms with Crippen molar-refractivity contribution in [3.05, 3.63) is 82.7 Å². The summed E-state index contributed by atoms with van der Waals surface area (Å²) in [6, 6.07) is 14.9. The molecule has 0 N–H and O–H groups in total. The second-order valence-electron chi connectivity index (χ2n) is 8.43. The van der Waals surface area contributed by atoms with Crippen LogP contribution in [0.2, 0.25) is 0 Å². The highest BCUT2D eigenvalue weighted by molar-refractivity contribution is 6.00. The number of fused-ring (bicyclic) bond motifs is 1. The van der Waals surface area contributed by atoms with Crippen LogP contribution in [0.5, 0.6) is 17.2 Å². The van der Waals surface area contributed by atoms with Gasteiger partial charge in [0, 0.05) is 35.5 Å². The highest BCUT2D eigenvalue weighted by Gasteiger charge is 2.26. The zero-order chi connectivity index (χ0) is 23.4. The van der Waals surface area contributed by atoms with E-state index in [0.29, 0.717) is 53.9 Å². The standard InChI is InChI=1S/C27H26N2O4/c1-17(2)16-32-25-14-19(15-28)4-5-22(25)27(20-8-11-29-12-9-20)33-24-7-6-21-23(30)10-13-31-26(21)18(24)3/h4-9,11-12,14,17,27H,10,13,16H2,1-3H3/t27-/m1/s1. The number of ether oxygens (including phenoxy) is 3. The SMILES string of the molecule is Cc1c(O[C@H](c2ccncc2)c2ccc(C#N)cc2OCC(C)C)ccc2c1OCCC2=O. The van der Waals surface area contributed by atoms with Gasteiger partial charge in [-0.2, -0.15) is 5.26 Å². The molecule has 1 aliphatic heterocycles. The van der Waals surface area contributed by atoms with Gasteiger partial charge in [0.1, 0.15) is 17.2 Å². The smallest absolute Gasteiger partial charge is 0.170 e. The number of nitriles is 1. The van der Waals surface area contributed by atoms with E-state index in [9.17, 15) is 10.1 Å². The van der Waals surface area contributed by atoms with E-state index in [1.807, 2.05) is 31.2 Å². The van der Waals surface area contributed by atoms with Gasteiger partial charge in [-0.1, -0.05) is 13.8 Å². The quantitative estimate of drug-likeness (QED) is 0.485. The van der Waals surface area contributed by atoms with Crippen molar-refractivity contribution in [3.8, 4) is 23.3 Å². The Kier molecular flexibility index (Phi) is 6.60. The minimum Gasteiger partial charge on any atom is -0.493 e. The molecule has 0 saturated heterocycles. The van der Waals surface area contributed by atoms with Crippen molar-refractivity contribution >= 4 is 5.78 Å². The average molecular weight is 443 g/mol. The molecule has 2 heterocycles. The van der Waals surface area contributed by atoms with Gasteiger partial charge in [0.15, 0.2) is 11.9 Å². The normalized spacial score (nSPS) is 13.6. The van der Waals surface area contributed by atoms with E-state index < -0.39 is 6.10 Å². The Morgan fingerprint density at radius 3 is 2.64 bits per heavy atom. The third-order valence-corrected chi connectivity index (χ3v) is 5.48. The van der Waals surface area contributed by atoms with E-state index in [1.54, 1.807) is 30.6 Å². The molecule has 168 valence electrons. The number of aromatic nitrogens is 1. The van der Waals surface area contributed by atoms with Crippen molar-refractivity contribution in [3.63, 3.8) is 0 Å². The molecular formula is C27H26N2O4. The Bertz CT molecular complexity index is 1200. The summed E-state index contributed by atoms with van der Waals surface area (Å²) in [5.74, 6) is 2.19. The molecule has 6 heteroatoms. The highest BCUT2D eigenvalue weighted by atomic mass is 16.5. The molecule has 0 saturated carbocycles. The topological polar surface area (TPSA) is 81.4 Å². The fourth-order valence-electron chi connectivity index (χ4n) is 3.77. The van der Waals surface area contributed by atoms with Crippen LogP contribution >= 0.6 is 0 Å². The van der Waals surface area contributed by atoms with Gasteiger partial charge in [-0.05, 0) is 55.3 Å². The molecule has 0 spiro atoms. The molecular weight excluding hydrogens is 416 g/mol. The second kappa shape index (κ2) is 9.74. The van der Waals surface area contributed by atoms with Gasteiger partial charge in [-0.15, -0.1) is 0 Å². The van der Waals surface area contributed by atoms with E-state index in [0.717, 1.165) is 16.7 Å². The summed E-state index contributed by atoms with van der Waals surface area (Å²) < 4.78 is 18.5. The number of hydrogen-bond donors (Lipinski definition) is 0. The first kappa shape index (κ1) is 22.3. The van der Waals surface area contributed by atoms with E-state index in [4.69, 9.17) is 14.2 Å². The molecule has 0 radical (unpaired) electrons. The monoisotopic (exact) mass is 442 g/mol. The van der Waals surface area contributed by atoms with Crippen molar-refractivity contribution in [2.45, 2.75) is 33.3 Å². The lowest BCUT2D eigenvalue weighted by Crippen LogP contribution is -2.18. The van der Waals surface area contributed by atoms with Gasteiger partial charge in [0.05, 0.1) is 30.4 Å². The number of nitrogens with zero attached hydrogens (tertiary/aromatic N) is 2. The van der Waals surface area contributed by atoms with E-state index in [1.165, 1.54) is 0 Å². The number of Topliss-reactive ketones (excluding diaryl/α,β-unsaturated/α-hetero) is 1. The van der Waals surface area contributed by atoms with E-state index in [-0.39, 0.29) is 5.78 Å². The number of ketones is 1. The number of pyridine rings is 1. The third-order valence-electron chi connectivity index (χ3n) is 5.48. The van der Waals surface area contributed by atoms with Crippen molar-refractivity contribution in [2.75, 3.05) is 13.2 Å². The molecule has 0 fully saturated rings. The average Bonchev–Trinajstić information content (AvgIpc) is 2.83. The Labute approximate surface area is 193 Å². The molecule has 1 aromatic heterocycles. The van der Waals surface area contributed by atoms with Crippen LogP contribution in [0.15, 0.2) is 54.9 Å². The molecule has 3 aromatic rings. The van der Waals surface area contributed by atoms with Gasteiger partial charge in [-0.3, -0.25) is 9.78 Å². The summed E-state index contributed by atoms with van der Waals surface area (Å²) in [7, 11) is 0. The number of carbonyl (C=O) groups excluding carboxylic acids is 1. The maximum atomic E-state index is 12.3. The minimum absolute atomic E-state index is 0.0769. The summed E-state index contributed by atoms with van der Waals surface area (Å²) in [5, 5.41) is 9.41. The van der Waals surface area contributed by atoms with Crippen LogP contribution in [0.4, 0.5) is 0 Å². The first-order valence-corrected chi connectivity index (χ1v) is 11.0. The fourth-order valence-corrected chi connectivity index (χ4v) is 3.77. The summed E-state index contributed by atoms with van der Waals surface area (Å²) in [6.45, 7) is 6.92. The first-order chi connectivity index (χ1) is 16.0. The van der Waals surface area contributed by atoms with E-state index >= 15 is 0 Å². The van der Waals surface area contributed by atoms with Crippen LogP contribution in [0.3, 0.4) is 0 Å². The van der Waals surface area contributed by atoms with Gasteiger partial charge < -0.3 is 14.2 Å². The zero-order valence-electron chi connectivity index (χ0n) is 19.0. The second-order valence-corrected chi connectivity index (χ2v) is 8.43. The number of carbonyl (C=O) groups is 1. The summed E-state index contributed by atoms with van der Waals surface area (Å²) in [5.41, 5.74) is 3.57. The summed E-state index contributed by atoms with van der Waals surface area (Å²) >= 11 is 0. The predicted octanol–water partition coefficient (Wildman–Crippen LogP) is 5.43. The van der Waals surface area contributed by atoms with Crippen molar-refractivity contribution in [1.29, 1.82) is 5.26 Å². The number of hydrogen-bond acceptors (Lipinski definition) is 6. The Morgan fingerprint density at radius 1 is 1.12 bits per heavy atom. The van der Waals surface area contributed by atoms with Crippen LogP contribution in [0.25, 0.3) is 0 Å². The molecule has 0 aliphatic carbocycles. The van der Waals surface area contributed by atoms with Crippen molar-refractivity contribution in [1.82, 2.24) is 4.98 Å². The van der Waals surface area contributed by atoms with Gasteiger partial charge >= 0.3 is 0 Å². The molecule has 4 rings (SSSR count). The van der Waals surface area contributed by atoms with Crippen molar-refractivity contribution in [2.24, 2.45) is 5.92 Å². The van der Waals surface area contributed by atoms with Gasteiger partial charge in [0.25, 0.3) is 0 Å². The van der Waals surface area contributed by atoms with E-state index in [2.05, 4.69) is 24.9 Å². The van der Waals surface area contributed by atoms with Crippen LogP contribution in [-0.2, 0) is 0 Å². The third kappa shape index (κ3) is 4.83. The minimum atomic E-state index is -0.515. The molecule has 6 nitrogen and oxygen atoms in total. The highest BCUT2D eigenvalue weighted by Crippen LogP contribution is 2.40. The number of rotatable bonds is 7. The predicted molar refractivity (Wildman–Crippen MR) is 124 cm³/mol. The van der Waals surface area contributed by atoms with Crippen LogP contribution in [-0.4, -0.2) is 24.0 Å². The van der Waals surface area contributed by atoms with Crippen LogP contribution in [0, 0.1) is 24.2 Å². The lowest BCUT2D eigenvalue weighted by atomic mass is 9.98. The number of benzene rings is 2. The Morgan fingerprint density at radius 2 is 1.91 bits per heavy atom. The van der Waals surface area contributed by atoms with Crippen LogP contribution in [0.1, 0.15) is 59.0 Å². The fraction of sp³-hybridized carbons (Fsp3) is 0.296. The first-order valence-electron chi connectivity index (χ1n) is 11.0.